The van der Waals surface area contributed by atoms with E-state index < -0.39 is 0 Å². The normalized spacial score (nSPS) is 10.7. The van der Waals surface area contributed by atoms with Crippen LogP contribution in [-0.4, -0.2) is 0 Å². The Morgan fingerprint density at radius 3 is 1.53 bits per heavy atom. The van der Waals surface area contributed by atoms with Gasteiger partial charge in [-0.05, 0) is 36.3 Å². The second-order valence-corrected chi connectivity index (χ2v) is 4.47. The molecule has 2 rings (SSSR count). The molecule has 0 saturated heterocycles. The highest BCUT2D eigenvalue weighted by atomic mass is 14.1. The molecule has 0 spiro atoms. The molecular weight excluding hydrogens is 204 g/mol. The molecule has 0 aliphatic heterocycles. The predicted molar refractivity (Wildman–Crippen MR) is 73.8 cm³/mol. The van der Waals surface area contributed by atoms with Crippen LogP contribution in [-0.2, 0) is 12.8 Å². The summed E-state index contributed by atoms with van der Waals surface area (Å²) >= 11 is 0. The van der Waals surface area contributed by atoms with Crippen molar-refractivity contribution >= 4 is 0 Å². The second kappa shape index (κ2) is 6.24. The molecule has 0 N–H and O–H groups in total. The highest BCUT2D eigenvalue weighted by molar-refractivity contribution is 5.19. The molecule has 0 nitrogen and oxygen atoms in total. The van der Waals surface area contributed by atoms with E-state index in [9.17, 15) is 0 Å². The van der Waals surface area contributed by atoms with E-state index in [0.29, 0.717) is 5.92 Å². The number of hydrogen-bond acceptors (Lipinski definition) is 0. The van der Waals surface area contributed by atoms with Crippen molar-refractivity contribution in [1.82, 2.24) is 0 Å². The lowest BCUT2D eigenvalue weighted by Gasteiger charge is -2.14. The Morgan fingerprint density at radius 1 is 0.765 bits per heavy atom. The Kier molecular flexibility index (Phi) is 4.37. The minimum Gasteiger partial charge on any atom is -0.0622 e. The molecule has 0 unspecified atom stereocenters. The molecule has 1 radical (unpaired) electrons. The summed E-state index contributed by atoms with van der Waals surface area (Å²) in [6, 6.07) is 21.5. The fourth-order valence-corrected chi connectivity index (χ4v) is 2.14. The molecule has 0 heterocycles. The summed E-state index contributed by atoms with van der Waals surface area (Å²) < 4.78 is 0. The van der Waals surface area contributed by atoms with Gasteiger partial charge in [0.2, 0.25) is 0 Å². The molecule has 0 aliphatic carbocycles. The fourth-order valence-electron chi connectivity index (χ4n) is 2.14. The van der Waals surface area contributed by atoms with Crippen molar-refractivity contribution in [2.24, 2.45) is 5.92 Å². The van der Waals surface area contributed by atoms with Crippen LogP contribution in [0.3, 0.4) is 0 Å². The molecule has 2 aromatic rings. The SMILES string of the molecule is C[CH]C(Cc1ccccc1)Cc1ccccc1. The minimum absolute atomic E-state index is 0.625. The Morgan fingerprint density at radius 2 is 1.18 bits per heavy atom. The van der Waals surface area contributed by atoms with Crippen LogP contribution < -0.4 is 0 Å². The van der Waals surface area contributed by atoms with Crippen molar-refractivity contribution in [2.75, 3.05) is 0 Å². The molecule has 0 bridgehead atoms. The van der Waals surface area contributed by atoms with Gasteiger partial charge < -0.3 is 0 Å². The van der Waals surface area contributed by atoms with E-state index >= 15 is 0 Å². The zero-order chi connectivity index (χ0) is 11.9. The minimum atomic E-state index is 0.625. The van der Waals surface area contributed by atoms with Crippen LogP contribution in [0.25, 0.3) is 0 Å². The Labute approximate surface area is 104 Å². The largest absolute Gasteiger partial charge is 0.0622 e. The lowest BCUT2D eigenvalue weighted by atomic mass is 9.91. The smallest absolute Gasteiger partial charge is 0.0245 e. The molecule has 0 amide bonds. The van der Waals surface area contributed by atoms with Gasteiger partial charge in [-0.15, -0.1) is 0 Å². The third-order valence-electron chi connectivity index (χ3n) is 3.15. The summed E-state index contributed by atoms with van der Waals surface area (Å²) in [5.41, 5.74) is 2.85. The lowest BCUT2D eigenvalue weighted by molar-refractivity contribution is 0.599. The van der Waals surface area contributed by atoms with Gasteiger partial charge in [0.1, 0.15) is 0 Å². The van der Waals surface area contributed by atoms with Crippen LogP contribution >= 0.6 is 0 Å². The van der Waals surface area contributed by atoms with Crippen molar-refractivity contribution in [1.29, 1.82) is 0 Å². The third kappa shape index (κ3) is 3.74. The monoisotopic (exact) mass is 223 g/mol. The van der Waals surface area contributed by atoms with Gasteiger partial charge in [-0.3, -0.25) is 0 Å². The molecule has 0 heteroatoms. The maximum absolute atomic E-state index is 2.32. The van der Waals surface area contributed by atoms with Gasteiger partial charge in [-0.25, -0.2) is 0 Å². The first-order valence-corrected chi connectivity index (χ1v) is 6.26. The first kappa shape index (κ1) is 11.9. The molecule has 2 aromatic carbocycles. The molecule has 0 aromatic heterocycles. The summed E-state index contributed by atoms with van der Waals surface area (Å²) in [5.74, 6) is 0.625. The molecule has 87 valence electrons. The van der Waals surface area contributed by atoms with E-state index in [0.717, 1.165) is 12.8 Å². The van der Waals surface area contributed by atoms with E-state index in [1.165, 1.54) is 11.1 Å². The maximum atomic E-state index is 2.32. The van der Waals surface area contributed by atoms with Crippen molar-refractivity contribution < 1.29 is 0 Å². The van der Waals surface area contributed by atoms with Crippen molar-refractivity contribution in [3.8, 4) is 0 Å². The quantitative estimate of drug-likeness (QED) is 0.708. The van der Waals surface area contributed by atoms with Crippen LogP contribution in [0.2, 0.25) is 0 Å². The lowest BCUT2D eigenvalue weighted by Crippen LogP contribution is -2.07. The summed E-state index contributed by atoms with van der Waals surface area (Å²) in [6.07, 6.45) is 4.58. The van der Waals surface area contributed by atoms with Crippen molar-refractivity contribution in [2.45, 2.75) is 19.8 Å². The van der Waals surface area contributed by atoms with Crippen molar-refractivity contribution in [3.05, 3.63) is 78.2 Å². The van der Waals surface area contributed by atoms with Gasteiger partial charge in [-0.1, -0.05) is 67.6 Å². The highest BCUT2D eigenvalue weighted by Gasteiger charge is 2.08. The molecule has 17 heavy (non-hydrogen) atoms. The number of rotatable bonds is 5. The highest BCUT2D eigenvalue weighted by Crippen LogP contribution is 2.16. The first-order valence-electron chi connectivity index (χ1n) is 6.26. The zero-order valence-electron chi connectivity index (χ0n) is 10.3. The summed E-state index contributed by atoms with van der Waals surface area (Å²) in [5, 5.41) is 0. The number of hydrogen-bond donors (Lipinski definition) is 0. The first-order chi connectivity index (χ1) is 8.38. The van der Waals surface area contributed by atoms with Gasteiger partial charge in [-0.2, -0.15) is 0 Å². The zero-order valence-corrected chi connectivity index (χ0v) is 10.3. The maximum Gasteiger partial charge on any atom is -0.0245 e. The molecule has 0 atom stereocenters. The van der Waals surface area contributed by atoms with Crippen LogP contribution in [0.4, 0.5) is 0 Å². The van der Waals surface area contributed by atoms with Crippen LogP contribution in [0, 0.1) is 12.3 Å². The van der Waals surface area contributed by atoms with E-state index in [1.807, 2.05) is 0 Å². The average molecular weight is 223 g/mol. The Balaban J connectivity index is 1.98. The summed E-state index contributed by atoms with van der Waals surface area (Å²) in [7, 11) is 0. The van der Waals surface area contributed by atoms with E-state index in [4.69, 9.17) is 0 Å². The Bertz CT molecular complexity index is 375. The second-order valence-electron chi connectivity index (χ2n) is 4.47. The van der Waals surface area contributed by atoms with Gasteiger partial charge in [0, 0.05) is 0 Å². The molecule has 0 saturated carbocycles. The molecule has 0 fully saturated rings. The summed E-state index contributed by atoms with van der Waals surface area (Å²) in [4.78, 5) is 0. The van der Waals surface area contributed by atoms with Crippen molar-refractivity contribution in [3.63, 3.8) is 0 Å². The van der Waals surface area contributed by atoms with E-state index in [1.54, 1.807) is 0 Å². The third-order valence-corrected chi connectivity index (χ3v) is 3.15. The fraction of sp³-hybridized carbons (Fsp3) is 0.235. The Hall–Kier alpha value is -1.56. The van der Waals surface area contributed by atoms with Crippen LogP contribution in [0.1, 0.15) is 18.1 Å². The van der Waals surface area contributed by atoms with Gasteiger partial charge >= 0.3 is 0 Å². The van der Waals surface area contributed by atoms with E-state index in [-0.39, 0.29) is 0 Å². The average Bonchev–Trinajstić information content (AvgIpc) is 2.40. The van der Waals surface area contributed by atoms with Gasteiger partial charge in [0.25, 0.3) is 0 Å². The number of benzene rings is 2. The topological polar surface area (TPSA) is 0 Å². The van der Waals surface area contributed by atoms with Crippen LogP contribution in [0.15, 0.2) is 60.7 Å². The molecule has 0 aliphatic rings. The standard InChI is InChI=1S/C17H19/c1-2-15(13-16-9-5-3-6-10-16)14-17-11-7-4-8-12-17/h2-12,15H,13-14H2,1H3. The van der Waals surface area contributed by atoms with Gasteiger partial charge in [0.05, 0.1) is 0 Å². The molecular formula is C17H19. The van der Waals surface area contributed by atoms with Gasteiger partial charge in [0.15, 0.2) is 0 Å². The van der Waals surface area contributed by atoms with Crippen LogP contribution in [0.5, 0.6) is 0 Å². The van der Waals surface area contributed by atoms with E-state index in [2.05, 4.69) is 74.0 Å². The summed E-state index contributed by atoms with van der Waals surface area (Å²) in [6.45, 7) is 2.16. The predicted octanol–water partition coefficient (Wildman–Crippen LogP) is 4.31.